The summed E-state index contributed by atoms with van der Waals surface area (Å²) in [5.74, 6) is 1.63. The summed E-state index contributed by atoms with van der Waals surface area (Å²) in [4.78, 5) is 4.78. The lowest BCUT2D eigenvalue weighted by Crippen LogP contribution is -2.38. The Labute approximate surface area is 213 Å². The van der Waals surface area contributed by atoms with Gasteiger partial charge in [0.2, 0.25) is 0 Å². The second-order valence-electron chi connectivity index (χ2n) is 7.32. The fraction of sp³-hybridized carbons (Fsp3) is 0.360. The monoisotopic (exact) mass is 563 g/mol. The summed E-state index contributed by atoms with van der Waals surface area (Å²) in [5.41, 5.74) is 3.58. The number of aromatic nitrogens is 2. The number of halogens is 1. The maximum atomic E-state index is 5.44. The summed E-state index contributed by atoms with van der Waals surface area (Å²) in [6.45, 7) is 6.29. The molecule has 1 aromatic heterocycles. The highest BCUT2D eigenvalue weighted by molar-refractivity contribution is 14.0. The van der Waals surface area contributed by atoms with E-state index in [1.165, 1.54) is 11.1 Å². The first kappa shape index (κ1) is 26.7. The molecule has 0 fully saturated rings. The number of methoxy groups -OCH3 is 1. The lowest BCUT2D eigenvalue weighted by atomic mass is 10.1. The van der Waals surface area contributed by atoms with E-state index in [0.29, 0.717) is 13.1 Å². The maximum Gasteiger partial charge on any atom is 0.191 e. The SMILES string of the molecule is CCOCCCNC(=NCc1ccc(OC)cc1)NCc1ccccc1Cn1cccn1.I. The number of aliphatic imine (C=N–C) groups is 1. The highest BCUT2D eigenvalue weighted by atomic mass is 127. The van der Waals surface area contributed by atoms with E-state index in [2.05, 4.69) is 40.0 Å². The van der Waals surface area contributed by atoms with Crippen molar-refractivity contribution in [3.63, 3.8) is 0 Å². The van der Waals surface area contributed by atoms with E-state index in [4.69, 9.17) is 14.5 Å². The molecule has 0 bridgehead atoms. The highest BCUT2D eigenvalue weighted by Gasteiger charge is 2.05. The van der Waals surface area contributed by atoms with Gasteiger partial charge in [0, 0.05) is 38.7 Å². The average Bonchev–Trinajstić information content (AvgIpc) is 3.34. The molecule has 3 rings (SSSR count). The Balaban J connectivity index is 0.00000385. The first-order chi connectivity index (χ1) is 15.8. The van der Waals surface area contributed by atoms with Crippen LogP contribution in [0.4, 0.5) is 0 Å². The smallest absolute Gasteiger partial charge is 0.191 e. The van der Waals surface area contributed by atoms with E-state index in [9.17, 15) is 0 Å². The molecule has 0 unspecified atom stereocenters. The predicted molar refractivity (Wildman–Crippen MR) is 143 cm³/mol. The minimum atomic E-state index is 0. The zero-order valence-corrected chi connectivity index (χ0v) is 21.7. The van der Waals surface area contributed by atoms with Gasteiger partial charge >= 0.3 is 0 Å². The average molecular weight is 563 g/mol. The molecule has 2 aromatic carbocycles. The molecule has 0 radical (unpaired) electrons. The molecule has 0 aliphatic heterocycles. The van der Waals surface area contributed by atoms with Crippen molar-refractivity contribution in [1.82, 2.24) is 20.4 Å². The molecule has 178 valence electrons. The Morgan fingerprint density at radius 1 is 1.03 bits per heavy atom. The van der Waals surface area contributed by atoms with Gasteiger partial charge in [0.05, 0.1) is 20.2 Å². The lowest BCUT2D eigenvalue weighted by molar-refractivity contribution is 0.145. The van der Waals surface area contributed by atoms with E-state index in [-0.39, 0.29) is 24.0 Å². The van der Waals surface area contributed by atoms with E-state index >= 15 is 0 Å². The molecule has 8 heteroatoms. The Hall–Kier alpha value is -2.59. The van der Waals surface area contributed by atoms with Crippen molar-refractivity contribution >= 4 is 29.9 Å². The van der Waals surface area contributed by atoms with Crippen LogP contribution in [-0.2, 0) is 24.4 Å². The summed E-state index contributed by atoms with van der Waals surface area (Å²) < 4.78 is 12.6. The standard InChI is InChI=1S/C25H33N5O2.HI/c1-3-32-17-7-14-26-25(27-18-21-10-12-24(31-2)13-11-21)28-19-22-8-4-5-9-23(22)20-30-16-6-15-29-30;/h4-6,8-13,15-16H,3,7,14,17-20H2,1-2H3,(H2,26,27,28);1H. The van der Waals surface area contributed by atoms with Crippen LogP contribution in [0.1, 0.15) is 30.0 Å². The zero-order valence-electron chi connectivity index (χ0n) is 19.4. The van der Waals surface area contributed by atoms with Gasteiger partial charge in [0.25, 0.3) is 0 Å². The second-order valence-corrected chi connectivity index (χ2v) is 7.32. The number of hydrogen-bond donors (Lipinski definition) is 2. The van der Waals surface area contributed by atoms with Gasteiger partial charge < -0.3 is 20.1 Å². The summed E-state index contributed by atoms with van der Waals surface area (Å²) >= 11 is 0. The number of guanidine groups is 1. The van der Waals surface area contributed by atoms with E-state index in [1.54, 1.807) is 13.3 Å². The summed E-state index contributed by atoms with van der Waals surface area (Å²) in [5, 5.41) is 11.2. The Morgan fingerprint density at radius 2 is 1.82 bits per heavy atom. The van der Waals surface area contributed by atoms with Crippen LogP contribution in [0, 0.1) is 0 Å². The van der Waals surface area contributed by atoms with Crippen LogP contribution in [0.3, 0.4) is 0 Å². The number of ether oxygens (including phenoxy) is 2. The van der Waals surface area contributed by atoms with Crippen LogP contribution in [0.5, 0.6) is 5.75 Å². The van der Waals surface area contributed by atoms with Crippen LogP contribution in [0.25, 0.3) is 0 Å². The number of benzene rings is 2. The molecule has 0 saturated carbocycles. The van der Waals surface area contributed by atoms with Gasteiger partial charge in [-0.1, -0.05) is 36.4 Å². The van der Waals surface area contributed by atoms with E-state index < -0.39 is 0 Å². The first-order valence-corrected chi connectivity index (χ1v) is 11.1. The van der Waals surface area contributed by atoms with Gasteiger partial charge in [-0.2, -0.15) is 5.10 Å². The van der Waals surface area contributed by atoms with Crippen LogP contribution < -0.4 is 15.4 Å². The molecule has 0 spiro atoms. The minimum absolute atomic E-state index is 0. The highest BCUT2D eigenvalue weighted by Crippen LogP contribution is 2.12. The topological polar surface area (TPSA) is 72.7 Å². The molecule has 0 atom stereocenters. The molecule has 2 N–H and O–H groups in total. The molecule has 0 saturated heterocycles. The van der Waals surface area contributed by atoms with Crippen molar-refractivity contribution in [1.29, 1.82) is 0 Å². The summed E-state index contributed by atoms with van der Waals surface area (Å²) in [6, 6.07) is 18.3. The third-order valence-corrected chi connectivity index (χ3v) is 5.00. The van der Waals surface area contributed by atoms with Gasteiger partial charge in [0.15, 0.2) is 5.96 Å². The molecule has 7 nitrogen and oxygen atoms in total. The summed E-state index contributed by atoms with van der Waals surface area (Å²) in [6.07, 6.45) is 4.70. The molecular formula is C25H34IN5O2. The number of rotatable bonds is 12. The van der Waals surface area contributed by atoms with Gasteiger partial charge in [-0.3, -0.25) is 4.68 Å². The van der Waals surface area contributed by atoms with Crippen LogP contribution >= 0.6 is 24.0 Å². The summed E-state index contributed by atoms with van der Waals surface area (Å²) in [7, 11) is 1.67. The van der Waals surface area contributed by atoms with Gasteiger partial charge in [-0.05, 0) is 48.2 Å². The van der Waals surface area contributed by atoms with Crippen molar-refractivity contribution in [2.45, 2.75) is 33.0 Å². The molecule has 0 aliphatic rings. The molecule has 33 heavy (non-hydrogen) atoms. The fourth-order valence-corrected chi connectivity index (χ4v) is 3.23. The normalized spacial score (nSPS) is 11.0. The first-order valence-electron chi connectivity index (χ1n) is 11.1. The number of nitrogens with one attached hydrogen (secondary N) is 2. The largest absolute Gasteiger partial charge is 0.497 e. The molecular weight excluding hydrogens is 529 g/mol. The van der Waals surface area contributed by atoms with Crippen LogP contribution in [0.2, 0.25) is 0 Å². The van der Waals surface area contributed by atoms with Crippen molar-refractivity contribution in [3.8, 4) is 5.75 Å². The van der Waals surface area contributed by atoms with Gasteiger partial charge in [-0.15, -0.1) is 24.0 Å². The molecule has 0 aliphatic carbocycles. The Bertz CT molecular complexity index is 946. The number of nitrogens with zero attached hydrogens (tertiary/aromatic N) is 3. The minimum Gasteiger partial charge on any atom is -0.497 e. The molecule has 0 amide bonds. The van der Waals surface area contributed by atoms with Crippen molar-refractivity contribution in [3.05, 3.63) is 83.7 Å². The Kier molecular flexibility index (Phi) is 12.3. The van der Waals surface area contributed by atoms with Crippen molar-refractivity contribution in [2.24, 2.45) is 4.99 Å². The maximum absolute atomic E-state index is 5.44. The Morgan fingerprint density at radius 3 is 2.52 bits per heavy atom. The van der Waals surface area contributed by atoms with Gasteiger partial charge in [0.1, 0.15) is 5.75 Å². The zero-order chi connectivity index (χ0) is 22.4. The third kappa shape index (κ3) is 9.43. The lowest BCUT2D eigenvalue weighted by Gasteiger charge is -2.15. The third-order valence-electron chi connectivity index (χ3n) is 5.00. The second kappa shape index (κ2) is 15.3. The number of hydrogen-bond acceptors (Lipinski definition) is 4. The van der Waals surface area contributed by atoms with Gasteiger partial charge in [-0.25, -0.2) is 4.99 Å². The van der Waals surface area contributed by atoms with Crippen LogP contribution in [-0.4, -0.2) is 42.6 Å². The van der Waals surface area contributed by atoms with E-state index in [1.807, 2.05) is 48.1 Å². The molecule has 3 aromatic rings. The van der Waals surface area contributed by atoms with Crippen LogP contribution in [0.15, 0.2) is 72.0 Å². The van der Waals surface area contributed by atoms with E-state index in [0.717, 1.165) is 50.0 Å². The quantitative estimate of drug-likeness (QED) is 0.150. The van der Waals surface area contributed by atoms with Crippen molar-refractivity contribution < 1.29 is 9.47 Å². The fourth-order valence-electron chi connectivity index (χ4n) is 3.23. The predicted octanol–water partition coefficient (Wildman–Crippen LogP) is 4.22. The van der Waals surface area contributed by atoms with Crippen molar-refractivity contribution in [2.75, 3.05) is 26.9 Å². The molecule has 1 heterocycles.